The smallest absolute Gasteiger partial charge is 0.268 e. The summed E-state index contributed by atoms with van der Waals surface area (Å²) in [5.41, 5.74) is 0. The van der Waals surface area contributed by atoms with E-state index in [9.17, 15) is 9.59 Å². The Bertz CT molecular complexity index is 303. The van der Waals surface area contributed by atoms with E-state index >= 15 is 0 Å². The summed E-state index contributed by atoms with van der Waals surface area (Å²) >= 11 is 7.22. The second-order valence-electron chi connectivity index (χ2n) is 1.85. The van der Waals surface area contributed by atoms with E-state index in [-0.39, 0.29) is 5.03 Å². The maximum Gasteiger partial charge on any atom is 0.268 e. The van der Waals surface area contributed by atoms with Crippen LogP contribution in [0.3, 0.4) is 0 Å². The van der Waals surface area contributed by atoms with Gasteiger partial charge in [-0.2, -0.15) is 0 Å². The molecule has 0 aromatic rings. The van der Waals surface area contributed by atoms with Crippen LogP contribution in [0.1, 0.15) is 0 Å². The third-order valence-electron chi connectivity index (χ3n) is 1.11. The van der Waals surface area contributed by atoms with E-state index in [4.69, 9.17) is 16.7 Å². The molecule has 0 heterocycles. The molecule has 1 N–H and O–H groups in total. The van der Waals surface area contributed by atoms with Crippen molar-refractivity contribution in [1.82, 2.24) is 0 Å². The minimum Gasteiger partial charge on any atom is -0.503 e. The number of carbonyl (C=O) groups is 2. The Morgan fingerprint density at radius 3 is 2.55 bits per heavy atom. The summed E-state index contributed by atoms with van der Waals surface area (Å²) < 4.78 is 0.381. The third-order valence-corrected chi connectivity index (χ3v) is 2.67. The largest absolute Gasteiger partial charge is 0.503 e. The number of Topliss-reactive ketones (excluding diaryl/α,β-unsaturated/α-hetero) is 1. The van der Waals surface area contributed by atoms with Crippen LogP contribution in [0.15, 0.2) is 20.4 Å². The third kappa shape index (κ3) is 1.46. The summed E-state index contributed by atoms with van der Waals surface area (Å²) in [6.07, 6.45) is 1.09. The van der Waals surface area contributed by atoms with E-state index in [0.29, 0.717) is 3.58 Å². The van der Waals surface area contributed by atoms with Gasteiger partial charge in [0.15, 0.2) is 5.76 Å². The second-order valence-corrected chi connectivity index (χ2v) is 3.39. The van der Waals surface area contributed by atoms with Crippen LogP contribution in [0.5, 0.6) is 0 Å². The number of aliphatic hydroxyl groups is 1. The fourth-order valence-electron chi connectivity index (χ4n) is 0.573. The molecule has 0 atom stereocenters. The van der Waals surface area contributed by atoms with Gasteiger partial charge in [0.25, 0.3) is 5.78 Å². The average molecular weight is 284 g/mol. The van der Waals surface area contributed by atoms with Gasteiger partial charge in [0.1, 0.15) is 5.03 Å². The van der Waals surface area contributed by atoms with Gasteiger partial charge in [-0.3, -0.25) is 9.59 Å². The van der Waals surface area contributed by atoms with Crippen molar-refractivity contribution in [2.45, 2.75) is 0 Å². The second kappa shape index (κ2) is 2.94. The van der Waals surface area contributed by atoms with Crippen LogP contribution >= 0.6 is 34.2 Å². The maximum atomic E-state index is 10.7. The predicted octanol–water partition coefficient (Wildman–Crippen LogP) is 1.47. The molecule has 1 rings (SSSR count). The van der Waals surface area contributed by atoms with Crippen LogP contribution in [0, 0.1) is 0 Å². The topological polar surface area (TPSA) is 54.4 Å². The molecule has 1 aliphatic carbocycles. The van der Waals surface area contributed by atoms with Gasteiger partial charge in [0.2, 0.25) is 5.78 Å². The van der Waals surface area contributed by atoms with Gasteiger partial charge < -0.3 is 5.11 Å². The van der Waals surface area contributed by atoms with E-state index < -0.39 is 17.3 Å². The first-order chi connectivity index (χ1) is 5.04. The maximum absolute atomic E-state index is 10.7. The van der Waals surface area contributed by atoms with Crippen LogP contribution in [-0.4, -0.2) is 16.7 Å². The van der Waals surface area contributed by atoms with Gasteiger partial charge in [-0.05, 0) is 22.6 Å². The molecule has 11 heavy (non-hydrogen) atoms. The molecule has 0 amide bonds. The molecule has 0 aromatic carbocycles. The number of hydrogen-bond donors (Lipinski definition) is 1. The minimum atomic E-state index is -0.949. The lowest BCUT2D eigenvalue weighted by molar-refractivity contribution is -0.133. The highest BCUT2D eigenvalue weighted by Crippen LogP contribution is 2.27. The molecular weight excluding hydrogens is 282 g/mol. The standard InChI is InChI=1S/C6H2ClIO3/c7-4-2(8)1-3(9)5(10)6(4)11/h1,11H. The van der Waals surface area contributed by atoms with Gasteiger partial charge in [0.05, 0.1) is 0 Å². The fourth-order valence-corrected chi connectivity index (χ4v) is 1.25. The summed E-state index contributed by atoms with van der Waals surface area (Å²) in [4.78, 5) is 21.4. The number of allylic oxidation sites excluding steroid dienone is 4. The summed E-state index contributed by atoms with van der Waals surface area (Å²) in [5, 5.41) is 8.86. The minimum absolute atomic E-state index is 0.0600. The highest BCUT2D eigenvalue weighted by Gasteiger charge is 2.26. The molecule has 1 aliphatic rings. The van der Waals surface area contributed by atoms with E-state index in [1.54, 1.807) is 22.6 Å². The van der Waals surface area contributed by atoms with Crippen LogP contribution in [-0.2, 0) is 9.59 Å². The van der Waals surface area contributed by atoms with Gasteiger partial charge in [-0.25, -0.2) is 0 Å². The lowest BCUT2D eigenvalue weighted by Gasteiger charge is -2.05. The van der Waals surface area contributed by atoms with Crippen LogP contribution < -0.4 is 0 Å². The Labute approximate surface area is 80.9 Å². The lowest BCUT2D eigenvalue weighted by Crippen LogP contribution is -2.18. The fraction of sp³-hybridized carbons (Fsp3) is 0. The van der Waals surface area contributed by atoms with Crippen molar-refractivity contribution < 1.29 is 14.7 Å². The van der Waals surface area contributed by atoms with Crippen LogP contribution in [0.25, 0.3) is 0 Å². The van der Waals surface area contributed by atoms with Crippen molar-refractivity contribution in [3.05, 3.63) is 20.4 Å². The molecule has 0 bridgehead atoms. The Hall–Kier alpha value is -0.360. The molecule has 0 fully saturated rings. The van der Waals surface area contributed by atoms with Gasteiger partial charge in [-0.15, -0.1) is 0 Å². The average Bonchev–Trinajstić information content (AvgIpc) is 1.97. The monoisotopic (exact) mass is 284 g/mol. The summed E-state index contributed by atoms with van der Waals surface area (Å²) in [6, 6.07) is 0. The van der Waals surface area contributed by atoms with Crippen molar-refractivity contribution >= 4 is 45.8 Å². The van der Waals surface area contributed by atoms with Gasteiger partial charge in [-0.1, -0.05) is 11.6 Å². The summed E-state index contributed by atoms with van der Waals surface area (Å²) in [6.45, 7) is 0. The Balaban J connectivity index is 3.22. The number of carbonyl (C=O) groups excluding carboxylic acids is 2. The molecule has 0 unspecified atom stereocenters. The van der Waals surface area contributed by atoms with E-state index in [1.165, 1.54) is 0 Å². The number of aliphatic hydroxyl groups excluding tert-OH is 1. The zero-order chi connectivity index (χ0) is 8.59. The first-order valence-corrected chi connectivity index (χ1v) is 4.04. The van der Waals surface area contributed by atoms with Crippen molar-refractivity contribution in [3.63, 3.8) is 0 Å². The lowest BCUT2D eigenvalue weighted by atomic mass is 10.1. The number of hydrogen-bond acceptors (Lipinski definition) is 3. The molecule has 58 valence electrons. The Morgan fingerprint density at radius 2 is 2.00 bits per heavy atom. The predicted molar refractivity (Wildman–Crippen MR) is 47.6 cm³/mol. The molecule has 0 aromatic heterocycles. The molecule has 0 radical (unpaired) electrons. The molecule has 0 aliphatic heterocycles. The zero-order valence-electron chi connectivity index (χ0n) is 5.10. The van der Waals surface area contributed by atoms with Crippen molar-refractivity contribution in [1.29, 1.82) is 0 Å². The summed E-state index contributed by atoms with van der Waals surface area (Å²) in [7, 11) is 0. The number of halogens is 2. The quantitative estimate of drug-likeness (QED) is 0.416. The molecule has 0 saturated carbocycles. The Kier molecular flexibility index (Phi) is 2.34. The molecule has 0 saturated heterocycles. The Morgan fingerprint density at radius 1 is 1.45 bits per heavy atom. The molecule has 5 heteroatoms. The SMILES string of the molecule is O=C1C=C(I)C(Cl)=C(O)C1=O. The van der Waals surface area contributed by atoms with E-state index in [1.807, 2.05) is 0 Å². The van der Waals surface area contributed by atoms with Gasteiger partial charge >= 0.3 is 0 Å². The first-order valence-electron chi connectivity index (χ1n) is 2.59. The van der Waals surface area contributed by atoms with Crippen LogP contribution in [0.2, 0.25) is 0 Å². The molecular formula is C6H2ClIO3. The summed E-state index contributed by atoms with van der Waals surface area (Å²) in [5.74, 6) is -2.35. The zero-order valence-corrected chi connectivity index (χ0v) is 8.01. The van der Waals surface area contributed by atoms with E-state index in [2.05, 4.69) is 0 Å². The van der Waals surface area contributed by atoms with Gasteiger partial charge in [0, 0.05) is 9.66 Å². The molecule has 0 spiro atoms. The first kappa shape index (κ1) is 8.73. The van der Waals surface area contributed by atoms with Crippen molar-refractivity contribution in [2.24, 2.45) is 0 Å². The van der Waals surface area contributed by atoms with Crippen molar-refractivity contribution in [3.8, 4) is 0 Å². The normalized spacial score (nSPS) is 18.9. The van der Waals surface area contributed by atoms with E-state index in [0.717, 1.165) is 6.08 Å². The highest BCUT2D eigenvalue weighted by molar-refractivity contribution is 14.1. The molecule has 3 nitrogen and oxygen atoms in total. The van der Waals surface area contributed by atoms with Crippen molar-refractivity contribution in [2.75, 3.05) is 0 Å². The number of ketones is 2. The number of rotatable bonds is 0. The highest BCUT2D eigenvalue weighted by atomic mass is 127. The van der Waals surface area contributed by atoms with Crippen LogP contribution in [0.4, 0.5) is 0 Å².